The van der Waals surface area contributed by atoms with Crippen molar-refractivity contribution in [3.05, 3.63) is 97.2 Å². The van der Waals surface area contributed by atoms with Crippen molar-refractivity contribution in [2.45, 2.75) is 296 Å². The third kappa shape index (κ3) is 59.5. The third-order valence-corrected chi connectivity index (χ3v) is 15.2. The van der Waals surface area contributed by atoms with E-state index in [9.17, 15) is 19.0 Å². The number of nitrogens with zero attached hydrogens (tertiary/aromatic N) is 1. The summed E-state index contributed by atoms with van der Waals surface area (Å²) < 4.78 is 30.7. The molecular weight excluding hydrogens is 1010 g/mol. The van der Waals surface area contributed by atoms with E-state index < -0.39 is 20.0 Å². The number of likely N-dealkylation sites (N-methyl/N-ethyl adjacent to an activating group) is 1. The highest BCUT2D eigenvalue weighted by Crippen LogP contribution is 2.43. The lowest BCUT2D eigenvalue weighted by Gasteiger charge is -2.27. The van der Waals surface area contributed by atoms with Crippen LogP contribution < -0.4 is 5.32 Å². The number of carbonyl (C=O) groups is 2. The summed E-state index contributed by atoms with van der Waals surface area (Å²) in [5.41, 5.74) is 0. The van der Waals surface area contributed by atoms with Gasteiger partial charge < -0.3 is 19.4 Å². The fraction of sp³-hybridized carbons (Fsp3) is 0.743. The molecule has 0 heterocycles. The standard InChI is InChI=1S/C70H125N2O7P/c1-7-10-13-16-19-22-25-28-30-32-34-36-38-40-42-44-47-50-53-56-59-62-69(73)71-67(66-78-80(75,76)77-65-64-72(4,5)6)68(61-58-55-52-49-46-27-24-21-18-15-12-9-3)79-70(74)63-60-57-54-51-48-45-43-41-39-37-35-33-31-29-26-23-20-17-14-11-8-2/h19-20,22-23,28-31,34-37,41,43,58,61,67-68H,7-18,21,24-27,32-33,38-40,42,44-57,59-60,62-66H2,1-6H3,(H-,71,73,75,76)/p+1/b22-19-,23-20-,30-28-,31-29-,36-34-,37-35-,43-41-,61-58+. The Kier molecular flexibility index (Phi) is 56.8. The first-order chi connectivity index (χ1) is 38.9. The van der Waals surface area contributed by atoms with Crippen LogP contribution in [-0.4, -0.2) is 74.3 Å². The van der Waals surface area contributed by atoms with E-state index in [-0.39, 0.29) is 31.5 Å². The maximum absolute atomic E-state index is 13.6. The van der Waals surface area contributed by atoms with E-state index in [2.05, 4.69) is 111 Å². The summed E-state index contributed by atoms with van der Waals surface area (Å²) in [6, 6.07) is -0.866. The van der Waals surface area contributed by atoms with E-state index in [1.54, 1.807) is 0 Å². The molecule has 0 aromatic heterocycles. The zero-order valence-corrected chi connectivity index (χ0v) is 53.7. The van der Waals surface area contributed by atoms with Crippen LogP contribution in [0.5, 0.6) is 0 Å². The van der Waals surface area contributed by atoms with Gasteiger partial charge in [-0.05, 0) is 115 Å². The number of phosphoric ester groups is 1. The Labute approximate surface area is 494 Å². The summed E-state index contributed by atoms with van der Waals surface area (Å²) in [5, 5.41) is 3.05. The molecule has 0 aromatic rings. The second-order valence-electron chi connectivity index (χ2n) is 23.3. The van der Waals surface area contributed by atoms with Gasteiger partial charge in [-0.3, -0.25) is 18.6 Å². The summed E-state index contributed by atoms with van der Waals surface area (Å²) in [6.07, 6.45) is 79.7. The molecule has 1 amide bonds. The van der Waals surface area contributed by atoms with E-state index in [4.69, 9.17) is 13.8 Å². The minimum atomic E-state index is -4.46. The van der Waals surface area contributed by atoms with Gasteiger partial charge in [-0.1, -0.05) is 253 Å². The average Bonchev–Trinajstić information content (AvgIpc) is 3.42. The number of hydrogen-bond acceptors (Lipinski definition) is 6. The van der Waals surface area contributed by atoms with Crippen LogP contribution in [0.25, 0.3) is 0 Å². The number of nitrogens with one attached hydrogen (secondary N) is 1. The smallest absolute Gasteiger partial charge is 0.456 e. The largest absolute Gasteiger partial charge is 0.472 e. The molecule has 0 aliphatic carbocycles. The van der Waals surface area contributed by atoms with Gasteiger partial charge in [0.2, 0.25) is 5.91 Å². The predicted octanol–water partition coefficient (Wildman–Crippen LogP) is 20.7. The van der Waals surface area contributed by atoms with Gasteiger partial charge in [0, 0.05) is 12.8 Å². The van der Waals surface area contributed by atoms with Crippen molar-refractivity contribution >= 4 is 19.7 Å². The lowest BCUT2D eigenvalue weighted by Crippen LogP contribution is -2.47. The Bertz CT molecular complexity index is 1690. The number of ether oxygens (including phenoxy) is 1. The van der Waals surface area contributed by atoms with Crippen LogP contribution in [0.15, 0.2) is 97.2 Å². The second kappa shape index (κ2) is 59.1. The van der Waals surface area contributed by atoms with Gasteiger partial charge in [0.25, 0.3) is 0 Å². The second-order valence-corrected chi connectivity index (χ2v) is 24.7. The summed E-state index contributed by atoms with van der Waals surface area (Å²) in [4.78, 5) is 37.8. The van der Waals surface area contributed by atoms with Crippen molar-refractivity contribution in [3.8, 4) is 0 Å². The number of phosphoric acid groups is 1. The Hall–Kier alpha value is -3.07. The molecule has 0 saturated heterocycles. The molecule has 3 atom stereocenters. The van der Waals surface area contributed by atoms with Crippen LogP contribution in [-0.2, 0) is 27.9 Å². The molecule has 0 aliphatic rings. The fourth-order valence-corrected chi connectivity index (χ4v) is 9.84. The van der Waals surface area contributed by atoms with Gasteiger partial charge in [0.1, 0.15) is 19.3 Å². The first kappa shape index (κ1) is 76.9. The molecule has 3 unspecified atom stereocenters. The Morgan fingerprint density at radius 1 is 0.438 bits per heavy atom. The molecule has 10 heteroatoms. The minimum absolute atomic E-state index is 0.0310. The third-order valence-electron chi connectivity index (χ3n) is 14.2. The number of carbonyl (C=O) groups excluding carboxylic acids is 2. The number of esters is 1. The number of allylic oxidation sites excluding steroid dienone is 15. The molecule has 0 aliphatic heterocycles. The van der Waals surface area contributed by atoms with Crippen molar-refractivity contribution in [1.29, 1.82) is 0 Å². The topological polar surface area (TPSA) is 111 Å². The number of unbranched alkanes of at least 4 members (excludes halogenated alkanes) is 29. The van der Waals surface area contributed by atoms with Gasteiger partial charge in [0.05, 0.1) is 33.8 Å². The van der Waals surface area contributed by atoms with E-state index in [0.29, 0.717) is 23.9 Å². The lowest BCUT2D eigenvalue weighted by atomic mass is 10.0. The summed E-state index contributed by atoms with van der Waals surface area (Å²) >= 11 is 0. The quantitative estimate of drug-likeness (QED) is 0.0205. The molecule has 80 heavy (non-hydrogen) atoms. The Morgan fingerprint density at radius 2 is 0.762 bits per heavy atom. The summed E-state index contributed by atoms with van der Waals surface area (Å²) in [5.74, 6) is -0.535. The molecule has 0 rings (SSSR count). The molecule has 9 nitrogen and oxygen atoms in total. The monoisotopic (exact) mass is 1140 g/mol. The highest BCUT2D eigenvalue weighted by atomic mass is 31.2. The maximum Gasteiger partial charge on any atom is 0.472 e. The first-order valence-electron chi connectivity index (χ1n) is 33.1. The minimum Gasteiger partial charge on any atom is -0.456 e. The van der Waals surface area contributed by atoms with Crippen LogP contribution in [0, 0.1) is 0 Å². The van der Waals surface area contributed by atoms with Gasteiger partial charge >= 0.3 is 13.8 Å². The van der Waals surface area contributed by atoms with E-state index in [0.717, 1.165) is 116 Å². The average molecular weight is 1140 g/mol. The van der Waals surface area contributed by atoms with E-state index in [1.807, 2.05) is 33.3 Å². The van der Waals surface area contributed by atoms with Gasteiger partial charge in [-0.2, -0.15) is 0 Å². The first-order valence-corrected chi connectivity index (χ1v) is 34.6. The molecule has 0 aromatic carbocycles. The number of amides is 1. The Balaban J connectivity index is 5.25. The van der Waals surface area contributed by atoms with Crippen LogP contribution >= 0.6 is 7.82 Å². The van der Waals surface area contributed by atoms with Crippen molar-refractivity contribution in [2.24, 2.45) is 0 Å². The Morgan fingerprint density at radius 3 is 1.16 bits per heavy atom. The molecule has 2 N–H and O–H groups in total. The molecule has 0 saturated carbocycles. The molecule has 0 fully saturated rings. The maximum atomic E-state index is 13.6. The van der Waals surface area contributed by atoms with E-state index >= 15 is 0 Å². The number of hydrogen-bond donors (Lipinski definition) is 2. The van der Waals surface area contributed by atoms with E-state index in [1.165, 1.54) is 128 Å². The highest BCUT2D eigenvalue weighted by Gasteiger charge is 2.30. The normalized spacial score (nSPS) is 14.2. The van der Waals surface area contributed by atoms with Crippen molar-refractivity contribution in [2.75, 3.05) is 40.9 Å². The molecule has 0 radical (unpaired) electrons. The van der Waals surface area contributed by atoms with Crippen LogP contribution in [0.4, 0.5) is 0 Å². The van der Waals surface area contributed by atoms with Gasteiger partial charge in [0.15, 0.2) is 0 Å². The lowest BCUT2D eigenvalue weighted by molar-refractivity contribution is -0.870. The highest BCUT2D eigenvalue weighted by molar-refractivity contribution is 7.47. The summed E-state index contributed by atoms with van der Waals surface area (Å²) in [7, 11) is 1.47. The molecule has 0 bridgehead atoms. The molecule has 462 valence electrons. The van der Waals surface area contributed by atoms with Crippen molar-refractivity contribution < 1.29 is 37.3 Å². The molecular formula is C70H126N2O7P+. The number of rotatable bonds is 59. The van der Waals surface area contributed by atoms with Crippen molar-refractivity contribution in [1.82, 2.24) is 5.32 Å². The van der Waals surface area contributed by atoms with Gasteiger partial charge in [-0.25, -0.2) is 4.57 Å². The SMILES string of the molecule is CCCCC/C=C\C/C=C\C/C=C\C/C=C\CCCCCCCC(=O)OC(/C=C/CCCCCCCCCCCC)C(COP(=O)(O)OCC[N+](C)(C)C)NC(=O)CCCCCCCCCC/C=C\C/C=C\C/C=C\CCCCC. The van der Waals surface area contributed by atoms with Crippen molar-refractivity contribution in [3.63, 3.8) is 0 Å². The van der Waals surface area contributed by atoms with Gasteiger partial charge in [-0.15, -0.1) is 0 Å². The zero-order valence-electron chi connectivity index (χ0n) is 52.8. The van der Waals surface area contributed by atoms with Crippen LogP contribution in [0.2, 0.25) is 0 Å². The van der Waals surface area contributed by atoms with Crippen LogP contribution in [0.3, 0.4) is 0 Å². The van der Waals surface area contributed by atoms with Crippen LogP contribution in [0.1, 0.15) is 284 Å². The molecule has 0 spiro atoms. The zero-order chi connectivity index (χ0) is 58.6. The fourth-order valence-electron chi connectivity index (χ4n) is 9.11. The number of quaternary nitrogens is 1. The predicted molar refractivity (Wildman–Crippen MR) is 346 cm³/mol. The summed E-state index contributed by atoms with van der Waals surface area (Å²) in [6.45, 7) is 6.94.